The van der Waals surface area contributed by atoms with Crippen molar-refractivity contribution in [1.82, 2.24) is 10.2 Å². The molecule has 5 nitrogen and oxygen atoms in total. The number of anilines is 2. The summed E-state index contributed by atoms with van der Waals surface area (Å²) < 4.78 is 0. The largest absolute Gasteiger partial charge is 0.370 e. The number of aromatic amines is 1. The molecule has 2 N–H and O–H groups in total. The van der Waals surface area contributed by atoms with Crippen molar-refractivity contribution in [1.29, 1.82) is 0 Å². The minimum absolute atomic E-state index is 0.143. The maximum Gasteiger partial charge on any atom is 0.258 e. The van der Waals surface area contributed by atoms with Gasteiger partial charge in [0, 0.05) is 19.3 Å². The van der Waals surface area contributed by atoms with Crippen LogP contribution in [0.2, 0.25) is 0 Å². The second-order valence-electron chi connectivity index (χ2n) is 5.51. The van der Waals surface area contributed by atoms with Crippen molar-refractivity contribution in [2.75, 3.05) is 17.3 Å². The summed E-state index contributed by atoms with van der Waals surface area (Å²) in [7, 11) is 2.11. The number of nitrogens with zero attached hydrogens (tertiary/aromatic N) is 2. The number of rotatable bonds is 4. The summed E-state index contributed by atoms with van der Waals surface area (Å²) in [6, 6.07) is 8.52. The molecule has 0 unspecified atom stereocenters. The van der Waals surface area contributed by atoms with Crippen LogP contribution >= 0.6 is 0 Å². The molecule has 0 atom stereocenters. The van der Waals surface area contributed by atoms with Crippen molar-refractivity contribution in [3.8, 4) is 0 Å². The zero-order chi connectivity index (χ0) is 14.7. The lowest BCUT2D eigenvalue weighted by atomic mass is 10.1. The van der Waals surface area contributed by atoms with E-state index >= 15 is 0 Å². The molecule has 1 aromatic carbocycles. The summed E-state index contributed by atoms with van der Waals surface area (Å²) >= 11 is 0. The quantitative estimate of drug-likeness (QED) is 0.907. The van der Waals surface area contributed by atoms with E-state index in [1.54, 1.807) is 6.20 Å². The molecule has 1 aromatic heterocycles. The number of hydrogen-bond donors (Lipinski definition) is 2. The first-order valence-corrected chi connectivity index (χ1v) is 7.37. The number of nitrogens with one attached hydrogen (secondary N) is 2. The van der Waals surface area contributed by atoms with Gasteiger partial charge in [-0.2, -0.15) is 5.10 Å². The predicted molar refractivity (Wildman–Crippen MR) is 83.6 cm³/mol. The SMILES string of the molecule is CN(c1ccccc1NC(=O)c1cn[nH]c1)C1CCCC1. The van der Waals surface area contributed by atoms with E-state index < -0.39 is 0 Å². The highest BCUT2D eigenvalue weighted by molar-refractivity contribution is 6.05. The van der Waals surface area contributed by atoms with E-state index in [0.29, 0.717) is 11.6 Å². The lowest BCUT2D eigenvalue weighted by Crippen LogP contribution is -2.29. The lowest BCUT2D eigenvalue weighted by molar-refractivity contribution is 0.102. The van der Waals surface area contributed by atoms with Gasteiger partial charge in [0.25, 0.3) is 5.91 Å². The van der Waals surface area contributed by atoms with E-state index in [0.717, 1.165) is 11.4 Å². The first-order chi connectivity index (χ1) is 10.3. The van der Waals surface area contributed by atoms with Crippen molar-refractivity contribution in [2.24, 2.45) is 0 Å². The van der Waals surface area contributed by atoms with Gasteiger partial charge in [0.1, 0.15) is 0 Å². The van der Waals surface area contributed by atoms with E-state index in [2.05, 4.69) is 33.5 Å². The lowest BCUT2D eigenvalue weighted by Gasteiger charge is -2.28. The summed E-state index contributed by atoms with van der Waals surface area (Å²) in [5.74, 6) is -0.143. The first kappa shape index (κ1) is 13.7. The van der Waals surface area contributed by atoms with Gasteiger partial charge in [-0.3, -0.25) is 9.89 Å². The third-order valence-electron chi connectivity index (χ3n) is 4.17. The first-order valence-electron chi connectivity index (χ1n) is 7.37. The molecule has 0 saturated heterocycles. The molecule has 110 valence electrons. The molecule has 1 amide bonds. The van der Waals surface area contributed by atoms with Gasteiger partial charge in [0.2, 0.25) is 0 Å². The topological polar surface area (TPSA) is 61.0 Å². The van der Waals surface area contributed by atoms with Gasteiger partial charge in [0.05, 0.1) is 23.1 Å². The van der Waals surface area contributed by atoms with Crippen LogP contribution in [0.4, 0.5) is 11.4 Å². The Balaban J connectivity index is 1.80. The van der Waals surface area contributed by atoms with Crippen LogP contribution in [0.3, 0.4) is 0 Å². The Morgan fingerprint density at radius 1 is 1.33 bits per heavy atom. The zero-order valence-electron chi connectivity index (χ0n) is 12.2. The van der Waals surface area contributed by atoms with Crippen molar-refractivity contribution < 1.29 is 4.79 Å². The van der Waals surface area contributed by atoms with Crippen LogP contribution in [0.5, 0.6) is 0 Å². The molecule has 1 fully saturated rings. The molecule has 0 bridgehead atoms. The fraction of sp³-hybridized carbons (Fsp3) is 0.375. The van der Waals surface area contributed by atoms with Crippen molar-refractivity contribution in [3.63, 3.8) is 0 Å². The predicted octanol–water partition coefficient (Wildman–Crippen LogP) is 3.04. The Kier molecular flexibility index (Phi) is 3.90. The van der Waals surface area contributed by atoms with Crippen molar-refractivity contribution >= 4 is 17.3 Å². The number of aromatic nitrogens is 2. The Hall–Kier alpha value is -2.30. The van der Waals surface area contributed by atoms with Crippen LogP contribution in [0.25, 0.3) is 0 Å². The van der Waals surface area contributed by atoms with E-state index in [1.165, 1.54) is 31.9 Å². The fourth-order valence-electron chi connectivity index (χ4n) is 2.94. The number of carbonyl (C=O) groups excluding carboxylic acids is 1. The molecule has 1 aliphatic carbocycles. The Morgan fingerprint density at radius 2 is 2.10 bits per heavy atom. The second-order valence-corrected chi connectivity index (χ2v) is 5.51. The second kappa shape index (κ2) is 5.99. The zero-order valence-corrected chi connectivity index (χ0v) is 12.2. The Bertz CT molecular complexity index is 602. The minimum Gasteiger partial charge on any atom is -0.370 e. The summed E-state index contributed by atoms with van der Waals surface area (Å²) in [5, 5.41) is 9.44. The summed E-state index contributed by atoms with van der Waals surface area (Å²) in [6.07, 6.45) is 8.15. The average molecular weight is 284 g/mol. The Morgan fingerprint density at radius 3 is 2.81 bits per heavy atom. The molecule has 1 aliphatic rings. The third-order valence-corrected chi connectivity index (χ3v) is 4.17. The number of H-pyrrole nitrogens is 1. The van der Waals surface area contributed by atoms with E-state index in [9.17, 15) is 4.79 Å². The van der Waals surface area contributed by atoms with Crippen LogP contribution < -0.4 is 10.2 Å². The van der Waals surface area contributed by atoms with Crippen molar-refractivity contribution in [3.05, 3.63) is 42.2 Å². The molecule has 3 rings (SSSR count). The number of carbonyl (C=O) groups is 1. The van der Waals surface area contributed by atoms with Gasteiger partial charge in [-0.15, -0.1) is 0 Å². The van der Waals surface area contributed by atoms with E-state index in [4.69, 9.17) is 0 Å². The molecular weight excluding hydrogens is 264 g/mol. The monoisotopic (exact) mass is 284 g/mol. The Labute approximate surface area is 124 Å². The van der Waals surface area contributed by atoms with Crippen LogP contribution in [-0.4, -0.2) is 29.2 Å². The molecule has 1 heterocycles. The third kappa shape index (κ3) is 2.91. The van der Waals surface area contributed by atoms with Crippen LogP contribution in [0, 0.1) is 0 Å². The maximum absolute atomic E-state index is 12.2. The van der Waals surface area contributed by atoms with Gasteiger partial charge in [0.15, 0.2) is 0 Å². The normalized spacial score (nSPS) is 15.1. The van der Waals surface area contributed by atoms with Gasteiger partial charge < -0.3 is 10.2 Å². The molecule has 21 heavy (non-hydrogen) atoms. The highest BCUT2D eigenvalue weighted by atomic mass is 16.1. The molecule has 2 aromatic rings. The van der Waals surface area contributed by atoms with E-state index in [1.807, 2.05) is 18.2 Å². The highest BCUT2D eigenvalue weighted by Crippen LogP contribution is 2.31. The molecule has 0 radical (unpaired) electrons. The molecule has 0 aliphatic heterocycles. The highest BCUT2D eigenvalue weighted by Gasteiger charge is 2.22. The van der Waals surface area contributed by atoms with Gasteiger partial charge in [-0.05, 0) is 25.0 Å². The van der Waals surface area contributed by atoms with Crippen LogP contribution in [0.15, 0.2) is 36.7 Å². The minimum atomic E-state index is -0.143. The molecular formula is C16H20N4O. The van der Waals surface area contributed by atoms with Gasteiger partial charge >= 0.3 is 0 Å². The smallest absolute Gasteiger partial charge is 0.258 e. The van der Waals surface area contributed by atoms with Crippen LogP contribution in [0.1, 0.15) is 36.0 Å². The van der Waals surface area contributed by atoms with Crippen molar-refractivity contribution in [2.45, 2.75) is 31.7 Å². The molecule has 0 spiro atoms. The summed E-state index contributed by atoms with van der Waals surface area (Å²) in [5.41, 5.74) is 2.45. The molecule has 5 heteroatoms. The molecule has 1 saturated carbocycles. The summed E-state index contributed by atoms with van der Waals surface area (Å²) in [6.45, 7) is 0. The summed E-state index contributed by atoms with van der Waals surface area (Å²) in [4.78, 5) is 14.5. The number of benzene rings is 1. The van der Waals surface area contributed by atoms with Gasteiger partial charge in [-0.25, -0.2) is 0 Å². The van der Waals surface area contributed by atoms with Gasteiger partial charge in [-0.1, -0.05) is 25.0 Å². The number of amides is 1. The number of para-hydroxylation sites is 2. The van der Waals surface area contributed by atoms with E-state index in [-0.39, 0.29) is 5.91 Å². The standard InChI is InChI=1S/C16H20N4O/c1-20(13-6-2-3-7-13)15-9-5-4-8-14(15)19-16(21)12-10-17-18-11-12/h4-5,8-11,13H,2-3,6-7H2,1H3,(H,17,18)(H,19,21). The average Bonchev–Trinajstić information content (AvgIpc) is 3.20. The maximum atomic E-state index is 12.2. The number of hydrogen-bond acceptors (Lipinski definition) is 3. The fourth-order valence-corrected chi connectivity index (χ4v) is 2.94. The van der Waals surface area contributed by atoms with Crippen LogP contribution in [-0.2, 0) is 0 Å².